The minimum absolute atomic E-state index is 0.296. The number of carbonyl (C=O) groups is 1. The maximum Gasteiger partial charge on any atom is 0.343 e. The van der Waals surface area contributed by atoms with Crippen LogP contribution in [0.1, 0.15) is 46.8 Å². The molecule has 0 fully saturated rings. The van der Waals surface area contributed by atoms with Gasteiger partial charge in [-0.25, -0.2) is 4.79 Å². The zero-order chi connectivity index (χ0) is 14.7. The first-order valence-corrected chi connectivity index (χ1v) is 6.87. The quantitative estimate of drug-likeness (QED) is 0.598. The molecule has 20 heavy (non-hydrogen) atoms. The van der Waals surface area contributed by atoms with E-state index in [1.807, 2.05) is 50.2 Å². The molecule has 2 rings (SSSR count). The molecule has 0 saturated heterocycles. The Morgan fingerprint density at radius 2 is 1.75 bits per heavy atom. The highest BCUT2D eigenvalue weighted by atomic mass is 16.5. The summed E-state index contributed by atoms with van der Waals surface area (Å²) >= 11 is 0. The third-order valence-electron chi connectivity index (χ3n) is 3.36. The van der Waals surface area contributed by atoms with Crippen molar-refractivity contribution in [2.24, 2.45) is 0 Å². The van der Waals surface area contributed by atoms with Crippen molar-refractivity contribution in [1.82, 2.24) is 0 Å². The van der Waals surface area contributed by atoms with E-state index in [1.165, 1.54) is 0 Å². The molecule has 0 atom stereocenters. The Hall–Kier alpha value is -2.09. The molecule has 0 spiro atoms. The Bertz CT molecular complexity index is 627. The molecule has 0 saturated carbocycles. The van der Waals surface area contributed by atoms with Crippen molar-refractivity contribution in [1.29, 1.82) is 0 Å². The molecule has 0 aliphatic heterocycles. The lowest BCUT2D eigenvalue weighted by Crippen LogP contribution is -2.11. The van der Waals surface area contributed by atoms with Crippen LogP contribution in [-0.2, 0) is 0 Å². The summed E-state index contributed by atoms with van der Waals surface area (Å²) in [6.45, 7) is 8.09. The zero-order valence-electron chi connectivity index (χ0n) is 12.4. The van der Waals surface area contributed by atoms with Crippen molar-refractivity contribution in [2.45, 2.75) is 33.6 Å². The van der Waals surface area contributed by atoms with Crippen LogP contribution in [0.4, 0.5) is 0 Å². The van der Waals surface area contributed by atoms with Crippen molar-refractivity contribution in [3.63, 3.8) is 0 Å². The fourth-order valence-electron chi connectivity index (χ4n) is 2.16. The van der Waals surface area contributed by atoms with Crippen LogP contribution < -0.4 is 4.74 Å². The summed E-state index contributed by atoms with van der Waals surface area (Å²) in [7, 11) is 0. The van der Waals surface area contributed by atoms with Gasteiger partial charge in [0.25, 0.3) is 0 Å². The normalized spacial score (nSPS) is 10.7. The molecule has 2 nitrogen and oxygen atoms in total. The highest BCUT2D eigenvalue weighted by molar-refractivity contribution is 5.92. The van der Waals surface area contributed by atoms with Gasteiger partial charge in [0, 0.05) is 0 Å². The second kappa shape index (κ2) is 5.91. The van der Waals surface area contributed by atoms with Crippen LogP contribution in [0.5, 0.6) is 5.75 Å². The third-order valence-corrected chi connectivity index (χ3v) is 3.36. The van der Waals surface area contributed by atoms with Gasteiger partial charge in [0.05, 0.1) is 5.56 Å². The lowest BCUT2D eigenvalue weighted by Gasteiger charge is -2.14. The minimum atomic E-state index is -0.296. The zero-order valence-corrected chi connectivity index (χ0v) is 12.4. The molecule has 0 unspecified atom stereocenters. The number of hydrogen-bond donors (Lipinski definition) is 0. The Balaban J connectivity index is 2.33. The Morgan fingerprint density at radius 1 is 1.05 bits per heavy atom. The molecule has 0 heterocycles. The van der Waals surface area contributed by atoms with Gasteiger partial charge in [0.2, 0.25) is 0 Å². The highest BCUT2D eigenvalue weighted by Gasteiger charge is 2.15. The van der Waals surface area contributed by atoms with Crippen LogP contribution in [0, 0.1) is 13.8 Å². The van der Waals surface area contributed by atoms with Gasteiger partial charge >= 0.3 is 5.97 Å². The maximum absolute atomic E-state index is 12.3. The van der Waals surface area contributed by atoms with Gasteiger partial charge in [-0.05, 0) is 48.6 Å². The summed E-state index contributed by atoms with van der Waals surface area (Å²) in [6, 6.07) is 13.5. The first-order valence-electron chi connectivity index (χ1n) is 6.87. The van der Waals surface area contributed by atoms with Crippen LogP contribution in [0.2, 0.25) is 0 Å². The predicted octanol–water partition coefficient (Wildman–Crippen LogP) is 4.65. The molecule has 2 aromatic carbocycles. The molecule has 0 aromatic heterocycles. The average Bonchev–Trinajstić information content (AvgIpc) is 2.38. The summed E-state index contributed by atoms with van der Waals surface area (Å²) in [5, 5.41) is 0. The summed E-state index contributed by atoms with van der Waals surface area (Å²) in [6.07, 6.45) is 0. The molecule has 0 amide bonds. The maximum atomic E-state index is 12.3. The topological polar surface area (TPSA) is 26.3 Å². The summed E-state index contributed by atoms with van der Waals surface area (Å²) < 4.78 is 5.62. The van der Waals surface area contributed by atoms with E-state index >= 15 is 0 Å². The predicted molar refractivity (Wildman–Crippen MR) is 81.4 cm³/mol. The molecule has 0 aliphatic carbocycles. The number of benzene rings is 2. The molecule has 2 heteroatoms. The molecule has 0 radical (unpaired) electrons. The number of hydrogen-bond acceptors (Lipinski definition) is 2. The van der Waals surface area contributed by atoms with Crippen LogP contribution in [0.15, 0.2) is 42.5 Å². The number of esters is 1. The lowest BCUT2D eigenvalue weighted by molar-refractivity contribution is 0.0732. The molecular formula is C18H20O2. The number of rotatable bonds is 3. The van der Waals surface area contributed by atoms with Crippen LogP contribution in [0.3, 0.4) is 0 Å². The van der Waals surface area contributed by atoms with E-state index in [4.69, 9.17) is 4.74 Å². The van der Waals surface area contributed by atoms with Crippen molar-refractivity contribution < 1.29 is 9.53 Å². The van der Waals surface area contributed by atoms with Gasteiger partial charge < -0.3 is 4.74 Å². The van der Waals surface area contributed by atoms with Gasteiger partial charge in [-0.2, -0.15) is 0 Å². The van der Waals surface area contributed by atoms with Crippen LogP contribution in [0.25, 0.3) is 0 Å². The van der Waals surface area contributed by atoms with Gasteiger partial charge in [0.15, 0.2) is 0 Å². The summed E-state index contributed by atoms with van der Waals surface area (Å²) in [5.74, 6) is 0.680. The van der Waals surface area contributed by atoms with Crippen molar-refractivity contribution in [3.8, 4) is 5.75 Å². The van der Waals surface area contributed by atoms with E-state index in [9.17, 15) is 4.79 Å². The standard InChI is InChI=1S/C18H20O2/c1-12(2)15-10-9-13(3)11-17(15)20-18(19)16-8-6-5-7-14(16)4/h5-12H,1-4H3. The molecule has 104 valence electrons. The fourth-order valence-corrected chi connectivity index (χ4v) is 2.16. The summed E-state index contributed by atoms with van der Waals surface area (Å²) in [4.78, 5) is 12.3. The average molecular weight is 268 g/mol. The monoisotopic (exact) mass is 268 g/mol. The van der Waals surface area contributed by atoms with Gasteiger partial charge in [-0.15, -0.1) is 0 Å². The number of aryl methyl sites for hydroxylation is 2. The third kappa shape index (κ3) is 3.08. The SMILES string of the molecule is Cc1ccc(C(C)C)c(OC(=O)c2ccccc2C)c1. The van der Waals surface area contributed by atoms with E-state index in [2.05, 4.69) is 13.8 Å². The molecule has 2 aromatic rings. The van der Waals surface area contributed by atoms with E-state index < -0.39 is 0 Å². The van der Waals surface area contributed by atoms with Crippen molar-refractivity contribution in [3.05, 3.63) is 64.7 Å². The van der Waals surface area contributed by atoms with E-state index in [0.717, 1.165) is 16.7 Å². The number of ether oxygens (including phenoxy) is 1. The largest absolute Gasteiger partial charge is 0.423 e. The fraction of sp³-hybridized carbons (Fsp3) is 0.278. The van der Waals surface area contributed by atoms with E-state index in [-0.39, 0.29) is 5.97 Å². The van der Waals surface area contributed by atoms with Crippen LogP contribution >= 0.6 is 0 Å². The smallest absolute Gasteiger partial charge is 0.343 e. The summed E-state index contributed by atoms with van der Waals surface area (Å²) in [5.41, 5.74) is 3.68. The lowest BCUT2D eigenvalue weighted by atomic mass is 10.0. The second-order valence-corrected chi connectivity index (χ2v) is 5.40. The van der Waals surface area contributed by atoms with Crippen molar-refractivity contribution in [2.75, 3.05) is 0 Å². The van der Waals surface area contributed by atoms with Gasteiger partial charge in [0.1, 0.15) is 5.75 Å². The first-order chi connectivity index (χ1) is 9.49. The van der Waals surface area contributed by atoms with Gasteiger partial charge in [-0.3, -0.25) is 0 Å². The first kappa shape index (κ1) is 14.3. The molecule has 0 bridgehead atoms. The van der Waals surface area contributed by atoms with Gasteiger partial charge in [-0.1, -0.05) is 44.2 Å². The number of carbonyl (C=O) groups excluding carboxylic acids is 1. The molecular weight excluding hydrogens is 248 g/mol. The Morgan fingerprint density at radius 3 is 2.40 bits per heavy atom. The van der Waals surface area contributed by atoms with E-state index in [0.29, 0.717) is 17.2 Å². The molecule has 0 N–H and O–H groups in total. The Kier molecular flexibility index (Phi) is 4.23. The van der Waals surface area contributed by atoms with Crippen molar-refractivity contribution >= 4 is 5.97 Å². The highest BCUT2D eigenvalue weighted by Crippen LogP contribution is 2.28. The minimum Gasteiger partial charge on any atom is -0.423 e. The second-order valence-electron chi connectivity index (χ2n) is 5.40. The Labute approximate surface area is 120 Å². The molecule has 0 aliphatic rings. The van der Waals surface area contributed by atoms with E-state index in [1.54, 1.807) is 6.07 Å². The van der Waals surface area contributed by atoms with Crippen LogP contribution in [-0.4, -0.2) is 5.97 Å².